The Labute approximate surface area is 153 Å². The number of nitrogens with zero attached hydrogens (tertiary/aromatic N) is 1. The van der Waals surface area contributed by atoms with Gasteiger partial charge >= 0.3 is 12.2 Å². The molecule has 2 aromatic carbocycles. The van der Waals surface area contributed by atoms with Gasteiger partial charge in [0.2, 0.25) is 0 Å². The third kappa shape index (κ3) is 3.06. The van der Waals surface area contributed by atoms with E-state index in [0.717, 1.165) is 7.05 Å². The van der Waals surface area contributed by atoms with E-state index in [1.54, 1.807) is 24.3 Å². The van der Waals surface area contributed by atoms with Gasteiger partial charge in [-0.1, -0.05) is 60.7 Å². The predicted molar refractivity (Wildman–Crippen MR) is 90.7 cm³/mol. The summed E-state index contributed by atoms with van der Waals surface area (Å²) in [5, 5.41) is 13.1. The molecule has 27 heavy (non-hydrogen) atoms. The summed E-state index contributed by atoms with van der Waals surface area (Å²) in [6.45, 7) is 0. The molecule has 142 valence electrons. The molecule has 2 amide bonds. The monoisotopic (exact) mass is 378 g/mol. The largest absolute Gasteiger partial charge is 0.437 e. The van der Waals surface area contributed by atoms with Crippen molar-refractivity contribution in [2.45, 2.75) is 17.9 Å². The summed E-state index contributed by atoms with van der Waals surface area (Å²) in [6, 6.07) is 12.7. The molecule has 1 fully saturated rings. The molecule has 0 bridgehead atoms. The maximum atomic E-state index is 13.9. The zero-order valence-corrected chi connectivity index (χ0v) is 14.3. The maximum Gasteiger partial charge on any atom is 0.437 e. The lowest BCUT2D eigenvalue weighted by Gasteiger charge is -2.49. The number of halogens is 3. The molecule has 1 heterocycles. The molecule has 2 aromatic rings. The summed E-state index contributed by atoms with van der Waals surface area (Å²) in [7, 11) is 0.815. The van der Waals surface area contributed by atoms with Crippen LogP contribution < -0.4 is 5.32 Å². The molecule has 1 aliphatic rings. The van der Waals surface area contributed by atoms with Crippen LogP contribution in [0.15, 0.2) is 60.7 Å². The molecule has 1 saturated heterocycles. The minimum absolute atomic E-state index is 0.00987. The molecule has 3 atom stereocenters. The van der Waals surface area contributed by atoms with Crippen molar-refractivity contribution < 1.29 is 27.9 Å². The van der Waals surface area contributed by atoms with Crippen molar-refractivity contribution in [2.75, 3.05) is 7.05 Å². The minimum Gasteiger partial charge on any atom is -0.363 e. The number of ketones is 1. The highest BCUT2D eigenvalue weighted by Crippen LogP contribution is 2.47. The zero-order valence-electron chi connectivity index (χ0n) is 14.3. The van der Waals surface area contributed by atoms with Crippen LogP contribution in [0.5, 0.6) is 0 Å². The number of alkyl halides is 3. The number of rotatable bonds is 3. The summed E-state index contributed by atoms with van der Waals surface area (Å²) in [5.41, 5.74) is -3.37. The third-order valence-electron chi connectivity index (χ3n) is 4.78. The Kier molecular flexibility index (Phi) is 4.69. The van der Waals surface area contributed by atoms with E-state index in [1.165, 1.54) is 36.4 Å². The van der Waals surface area contributed by atoms with Crippen LogP contribution in [0.4, 0.5) is 18.0 Å². The number of hydrogen-bond acceptors (Lipinski definition) is 3. The molecular formula is C19H17F3N2O3. The molecule has 3 rings (SSSR count). The van der Waals surface area contributed by atoms with Gasteiger partial charge in [-0.25, -0.2) is 4.79 Å². The number of urea groups is 1. The highest BCUT2D eigenvalue weighted by atomic mass is 19.4. The van der Waals surface area contributed by atoms with Crippen LogP contribution in [0, 0.1) is 5.92 Å². The lowest BCUT2D eigenvalue weighted by molar-refractivity contribution is -0.322. The van der Waals surface area contributed by atoms with Crippen molar-refractivity contribution in [3.05, 3.63) is 71.8 Å². The molecule has 0 saturated carbocycles. The van der Waals surface area contributed by atoms with E-state index in [-0.39, 0.29) is 16.0 Å². The van der Waals surface area contributed by atoms with Crippen molar-refractivity contribution >= 4 is 11.8 Å². The van der Waals surface area contributed by atoms with Crippen molar-refractivity contribution in [3.8, 4) is 0 Å². The van der Waals surface area contributed by atoms with Crippen LogP contribution in [0.1, 0.15) is 22.0 Å². The number of Topliss-reactive ketones (excluding diaryl/α,β-unsaturated/α-hetero) is 1. The molecule has 2 N–H and O–H groups in total. The van der Waals surface area contributed by atoms with E-state index in [0.29, 0.717) is 0 Å². The number of aliphatic hydroxyl groups is 1. The molecule has 1 aliphatic heterocycles. The number of amides is 2. The van der Waals surface area contributed by atoms with E-state index >= 15 is 0 Å². The van der Waals surface area contributed by atoms with Crippen LogP contribution in [-0.4, -0.2) is 40.8 Å². The summed E-state index contributed by atoms with van der Waals surface area (Å²) in [4.78, 5) is 25.4. The molecule has 0 radical (unpaired) electrons. The van der Waals surface area contributed by atoms with Crippen LogP contribution in [0.3, 0.4) is 0 Å². The van der Waals surface area contributed by atoms with Crippen LogP contribution in [0.25, 0.3) is 0 Å². The molecule has 0 aromatic heterocycles. The van der Waals surface area contributed by atoms with E-state index in [2.05, 4.69) is 5.32 Å². The van der Waals surface area contributed by atoms with E-state index in [4.69, 9.17) is 0 Å². The average Bonchev–Trinajstić information content (AvgIpc) is 2.66. The Bertz CT molecular complexity index is 842. The second-order valence-electron chi connectivity index (χ2n) is 6.33. The van der Waals surface area contributed by atoms with Crippen molar-refractivity contribution in [1.82, 2.24) is 10.2 Å². The Morgan fingerprint density at radius 3 is 2.11 bits per heavy atom. The molecule has 0 spiro atoms. The Hall–Kier alpha value is -2.87. The summed E-state index contributed by atoms with van der Waals surface area (Å²) in [5.74, 6) is -2.92. The fourth-order valence-electron chi connectivity index (χ4n) is 3.33. The van der Waals surface area contributed by atoms with Crippen molar-refractivity contribution in [2.24, 2.45) is 5.92 Å². The summed E-state index contributed by atoms with van der Waals surface area (Å²) in [6.07, 6.45) is -5.25. The minimum atomic E-state index is -5.25. The fourth-order valence-corrected chi connectivity index (χ4v) is 3.33. The van der Waals surface area contributed by atoms with Crippen LogP contribution in [0.2, 0.25) is 0 Å². The Morgan fingerprint density at radius 1 is 1.07 bits per heavy atom. The van der Waals surface area contributed by atoms with E-state index < -0.39 is 35.7 Å². The molecular weight excluding hydrogens is 361 g/mol. The lowest BCUT2D eigenvalue weighted by atomic mass is 9.76. The summed E-state index contributed by atoms with van der Waals surface area (Å²) >= 11 is 0. The normalized spacial score (nSPS) is 25.8. The van der Waals surface area contributed by atoms with Gasteiger partial charge in [-0.15, -0.1) is 0 Å². The van der Waals surface area contributed by atoms with Gasteiger partial charge in [0.25, 0.3) is 5.72 Å². The number of nitrogens with one attached hydrogen (secondary N) is 1. The molecule has 0 unspecified atom stereocenters. The van der Waals surface area contributed by atoms with Crippen molar-refractivity contribution in [1.29, 1.82) is 0 Å². The zero-order chi connectivity index (χ0) is 19.8. The smallest absolute Gasteiger partial charge is 0.363 e. The van der Waals surface area contributed by atoms with Gasteiger partial charge in [0.1, 0.15) is 5.92 Å². The van der Waals surface area contributed by atoms with Gasteiger partial charge in [0, 0.05) is 12.6 Å². The third-order valence-corrected chi connectivity index (χ3v) is 4.78. The topological polar surface area (TPSA) is 69.6 Å². The Balaban J connectivity index is 2.20. The van der Waals surface area contributed by atoms with Gasteiger partial charge in [-0.2, -0.15) is 13.2 Å². The molecule has 0 aliphatic carbocycles. The fraction of sp³-hybridized carbons (Fsp3) is 0.263. The lowest BCUT2D eigenvalue weighted by Crippen LogP contribution is -2.72. The highest BCUT2D eigenvalue weighted by Gasteiger charge is 2.69. The van der Waals surface area contributed by atoms with Gasteiger partial charge < -0.3 is 10.4 Å². The maximum absolute atomic E-state index is 13.9. The van der Waals surface area contributed by atoms with Gasteiger partial charge in [0.15, 0.2) is 5.78 Å². The second-order valence-corrected chi connectivity index (χ2v) is 6.33. The first kappa shape index (κ1) is 18.9. The predicted octanol–water partition coefficient (Wildman–Crippen LogP) is 3.13. The van der Waals surface area contributed by atoms with Gasteiger partial charge in [0.05, 0.1) is 6.04 Å². The highest BCUT2D eigenvalue weighted by molar-refractivity contribution is 6.00. The molecule has 8 heteroatoms. The number of carbonyl (C=O) groups is 2. The second kappa shape index (κ2) is 6.70. The SMILES string of the molecule is CN1C(=O)N[C@H](c2ccccc2)[C@@H](C(=O)c2ccccc2)[C@@]1(O)C(F)(F)F. The van der Waals surface area contributed by atoms with Gasteiger partial charge in [-0.3, -0.25) is 9.69 Å². The first-order valence-corrected chi connectivity index (χ1v) is 8.15. The average molecular weight is 378 g/mol. The first-order chi connectivity index (χ1) is 12.7. The Morgan fingerprint density at radius 2 is 1.59 bits per heavy atom. The van der Waals surface area contributed by atoms with Crippen LogP contribution >= 0.6 is 0 Å². The van der Waals surface area contributed by atoms with Crippen LogP contribution in [-0.2, 0) is 0 Å². The van der Waals surface area contributed by atoms with Gasteiger partial charge in [-0.05, 0) is 5.56 Å². The summed E-state index contributed by atoms with van der Waals surface area (Å²) < 4.78 is 41.8. The van der Waals surface area contributed by atoms with E-state index in [9.17, 15) is 27.9 Å². The van der Waals surface area contributed by atoms with Crippen molar-refractivity contribution in [3.63, 3.8) is 0 Å². The number of carbonyl (C=O) groups excluding carboxylic acids is 2. The quantitative estimate of drug-likeness (QED) is 0.807. The van der Waals surface area contributed by atoms with E-state index in [1.807, 2.05) is 0 Å². The standard InChI is InChI=1S/C19H17F3N2O3/c1-24-17(26)23-15(12-8-4-2-5-9-12)14(18(24,27)19(20,21)22)16(25)13-10-6-3-7-11-13/h2-11,14-15,27H,1H3,(H,23,26)/t14-,15+,18+/m0/s1. The number of hydrogen-bond donors (Lipinski definition) is 2. The molecule has 5 nitrogen and oxygen atoms in total. The number of benzene rings is 2. The first-order valence-electron chi connectivity index (χ1n) is 8.15.